The summed E-state index contributed by atoms with van der Waals surface area (Å²) in [5, 5.41) is 12.4. The number of carbonyl (C=O) groups is 1. The molecule has 1 amide bonds. The second-order valence-electron chi connectivity index (χ2n) is 6.68. The Morgan fingerprint density at radius 3 is 2.59 bits per heavy atom. The van der Waals surface area contributed by atoms with Crippen molar-refractivity contribution in [3.8, 4) is 6.07 Å². The number of nitriles is 1. The maximum atomic E-state index is 12.5. The first-order chi connectivity index (χ1) is 13.0. The summed E-state index contributed by atoms with van der Waals surface area (Å²) in [7, 11) is 0. The number of aromatic nitrogens is 2. The van der Waals surface area contributed by atoms with Crippen LogP contribution >= 0.6 is 0 Å². The van der Waals surface area contributed by atoms with Crippen LogP contribution in [0.25, 0.3) is 11.0 Å². The van der Waals surface area contributed by atoms with E-state index in [1.165, 1.54) is 0 Å². The van der Waals surface area contributed by atoms with Crippen LogP contribution in [-0.2, 0) is 9.53 Å². The van der Waals surface area contributed by atoms with Crippen molar-refractivity contribution in [1.82, 2.24) is 15.3 Å². The minimum atomic E-state index is -1.05. The quantitative estimate of drug-likeness (QED) is 0.817. The molecule has 1 saturated heterocycles. The number of para-hydroxylation sites is 2. The van der Waals surface area contributed by atoms with Crippen LogP contribution < -0.4 is 10.2 Å². The predicted molar refractivity (Wildman–Crippen MR) is 103 cm³/mol. The summed E-state index contributed by atoms with van der Waals surface area (Å²) >= 11 is 0. The van der Waals surface area contributed by atoms with E-state index in [9.17, 15) is 10.1 Å². The van der Waals surface area contributed by atoms with E-state index in [1.54, 1.807) is 6.08 Å². The van der Waals surface area contributed by atoms with Crippen molar-refractivity contribution in [3.05, 3.63) is 42.6 Å². The molecule has 7 heteroatoms. The van der Waals surface area contributed by atoms with E-state index in [1.807, 2.05) is 38.1 Å². The van der Waals surface area contributed by atoms with Crippen LogP contribution in [0.4, 0.5) is 5.82 Å². The van der Waals surface area contributed by atoms with Gasteiger partial charge in [-0.3, -0.25) is 4.79 Å². The maximum absolute atomic E-state index is 12.5. The molecule has 1 N–H and O–H groups in total. The summed E-state index contributed by atoms with van der Waals surface area (Å²) in [5.74, 6) is -0.890. The molecule has 0 radical (unpaired) electrons. The summed E-state index contributed by atoms with van der Waals surface area (Å²) in [6, 6.07) is 9.55. The number of ether oxygens (including phenoxy) is 1. The zero-order valence-electron chi connectivity index (χ0n) is 15.6. The number of nitrogens with one attached hydrogen (secondary N) is 1. The number of amides is 1. The number of anilines is 1. The number of benzene rings is 1. The molecule has 1 aliphatic heterocycles. The van der Waals surface area contributed by atoms with E-state index in [2.05, 4.69) is 27.8 Å². The lowest BCUT2D eigenvalue weighted by Gasteiger charge is -2.37. The average Bonchev–Trinajstić information content (AvgIpc) is 2.65. The molecular formula is C20H23N5O2. The number of fused-ring (bicyclic) bond motifs is 1. The van der Waals surface area contributed by atoms with Gasteiger partial charge in [0.05, 0.1) is 29.3 Å². The SMILES string of the molecule is C=CCNC(=O)[C@H](C#N)c1nc2ccccc2nc1N1C[C@H](C)O[C@@H](C)C1. The van der Waals surface area contributed by atoms with Gasteiger partial charge < -0.3 is 15.0 Å². The van der Waals surface area contributed by atoms with E-state index in [0.29, 0.717) is 36.7 Å². The number of hydrogen-bond acceptors (Lipinski definition) is 6. The molecule has 7 nitrogen and oxygen atoms in total. The molecule has 0 saturated carbocycles. The van der Waals surface area contributed by atoms with E-state index < -0.39 is 11.8 Å². The lowest BCUT2D eigenvalue weighted by molar-refractivity contribution is -0.121. The van der Waals surface area contributed by atoms with Crippen LogP contribution in [-0.4, -0.2) is 47.7 Å². The molecule has 3 rings (SSSR count). The molecule has 2 aromatic rings. The molecule has 3 atom stereocenters. The Labute approximate surface area is 158 Å². The summed E-state index contributed by atoms with van der Waals surface area (Å²) in [6.07, 6.45) is 1.61. The van der Waals surface area contributed by atoms with Gasteiger partial charge in [-0.25, -0.2) is 9.97 Å². The van der Waals surface area contributed by atoms with E-state index in [-0.39, 0.29) is 12.2 Å². The molecule has 1 aromatic heterocycles. The molecule has 2 heterocycles. The third kappa shape index (κ3) is 4.07. The molecule has 140 valence electrons. The first-order valence-corrected chi connectivity index (χ1v) is 8.98. The average molecular weight is 365 g/mol. The summed E-state index contributed by atoms with van der Waals surface area (Å²) < 4.78 is 5.81. The van der Waals surface area contributed by atoms with Gasteiger partial charge in [-0.15, -0.1) is 6.58 Å². The zero-order chi connectivity index (χ0) is 19.4. The van der Waals surface area contributed by atoms with Crippen molar-refractivity contribution in [2.45, 2.75) is 32.0 Å². The minimum Gasteiger partial charge on any atom is -0.372 e. The molecule has 0 aliphatic carbocycles. The number of hydrogen-bond donors (Lipinski definition) is 1. The summed E-state index contributed by atoms with van der Waals surface area (Å²) in [6.45, 7) is 9.12. The fourth-order valence-corrected chi connectivity index (χ4v) is 3.30. The zero-order valence-corrected chi connectivity index (χ0v) is 15.6. The summed E-state index contributed by atoms with van der Waals surface area (Å²) in [5.41, 5.74) is 1.76. The molecule has 1 aromatic carbocycles. The third-order valence-electron chi connectivity index (χ3n) is 4.38. The Bertz CT molecular complexity index is 882. The van der Waals surface area contributed by atoms with E-state index in [4.69, 9.17) is 9.72 Å². The van der Waals surface area contributed by atoms with Crippen molar-refractivity contribution in [3.63, 3.8) is 0 Å². The standard InChI is InChI=1S/C20H23N5O2/c1-4-9-22-20(26)15(10-21)18-19(25-11-13(2)27-14(3)12-25)24-17-8-6-5-7-16(17)23-18/h4-8,13-15H,1,9,11-12H2,2-3H3,(H,22,26)/t13-,14-,15+/m0/s1. The second kappa shape index (κ2) is 8.14. The Morgan fingerprint density at radius 1 is 1.37 bits per heavy atom. The lowest BCUT2D eigenvalue weighted by Crippen LogP contribution is -2.46. The Balaban J connectivity index is 2.09. The fraction of sp³-hybridized carbons (Fsp3) is 0.400. The monoisotopic (exact) mass is 365 g/mol. The summed E-state index contributed by atoms with van der Waals surface area (Å²) in [4.78, 5) is 24.0. The second-order valence-corrected chi connectivity index (χ2v) is 6.68. The van der Waals surface area contributed by atoms with Crippen molar-refractivity contribution >= 4 is 22.8 Å². The maximum Gasteiger partial charge on any atom is 0.243 e. The molecular weight excluding hydrogens is 342 g/mol. The van der Waals surface area contributed by atoms with Gasteiger partial charge in [-0.1, -0.05) is 18.2 Å². The first-order valence-electron chi connectivity index (χ1n) is 8.98. The molecule has 0 bridgehead atoms. The predicted octanol–water partition coefficient (Wildman–Crippen LogP) is 2.15. The first kappa shape index (κ1) is 18.8. The van der Waals surface area contributed by atoms with E-state index in [0.717, 1.165) is 5.52 Å². The highest BCUT2D eigenvalue weighted by Crippen LogP contribution is 2.29. The van der Waals surface area contributed by atoms with Crippen molar-refractivity contribution in [2.24, 2.45) is 0 Å². The molecule has 27 heavy (non-hydrogen) atoms. The van der Waals surface area contributed by atoms with E-state index >= 15 is 0 Å². The van der Waals surface area contributed by atoms with Crippen LogP contribution in [0.5, 0.6) is 0 Å². The largest absolute Gasteiger partial charge is 0.372 e. The molecule has 0 unspecified atom stereocenters. The number of rotatable bonds is 5. The highest BCUT2D eigenvalue weighted by molar-refractivity contribution is 5.89. The Hall–Kier alpha value is -2.98. The molecule has 1 fully saturated rings. The fourth-order valence-electron chi connectivity index (χ4n) is 3.30. The van der Waals surface area contributed by atoms with Gasteiger partial charge in [-0.2, -0.15) is 5.26 Å². The molecule has 0 spiro atoms. The highest BCUT2D eigenvalue weighted by atomic mass is 16.5. The van der Waals surface area contributed by atoms with Crippen LogP contribution in [0.3, 0.4) is 0 Å². The normalized spacial score (nSPS) is 20.7. The number of carbonyl (C=O) groups excluding carboxylic acids is 1. The number of morpholine rings is 1. The van der Waals surface area contributed by atoms with Gasteiger partial charge in [0.25, 0.3) is 0 Å². The van der Waals surface area contributed by atoms with Gasteiger partial charge in [0, 0.05) is 19.6 Å². The van der Waals surface area contributed by atoms with Crippen molar-refractivity contribution in [2.75, 3.05) is 24.5 Å². The van der Waals surface area contributed by atoms with Crippen molar-refractivity contribution < 1.29 is 9.53 Å². The van der Waals surface area contributed by atoms with Gasteiger partial charge in [-0.05, 0) is 26.0 Å². The highest BCUT2D eigenvalue weighted by Gasteiger charge is 2.31. The van der Waals surface area contributed by atoms with Crippen LogP contribution in [0, 0.1) is 11.3 Å². The third-order valence-corrected chi connectivity index (χ3v) is 4.38. The Morgan fingerprint density at radius 2 is 2.00 bits per heavy atom. The van der Waals surface area contributed by atoms with Gasteiger partial charge in [0.1, 0.15) is 5.69 Å². The Kier molecular flexibility index (Phi) is 5.67. The topological polar surface area (TPSA) is 91.1 Å². The van der Waals surface area contributed by atoms with Gasteiger partial charge in [0.15, 0.2) is 11.7 Å². The smallest absolute Gasteiger partial charge is 0.243 e. The van der Waals surface area contributed by atoms with Crippen LogP contribution in [0.15, 0.2) is 36.9 Å². The molecule has 1 aliphatic rings. The van der Waals surface area contributed by atoms with Gasteiger partial charge >= 0.3 is 0 Å². The van der Waals surface area contributed by atoms with Crippen LogP contribution in [0.2, 0.25) is 0 Å². The minimum absolute atomic E-state index is 0.0185. The van der Waals surface area contributed by atoms with Gasteiger partial charge in [0.2, 0.25) is 5.91 Å². The van der Waals surface area contributed by atoms with Crippen molar-refractivity contribution in [1.29, 1.82) is 5.26 Å². The number of nitrogens with zero attached hydrogens (tertiary/aromatic N) is 4. The lowest BCUT2D eigenvalue weighted by atomic mass is 10.0. The van der Waals surface area contributed by atoms with Crippen LogP contribution in [0.1, 0.15) is 25.5 Å².